The number of amides is 1. The molecule has 0 atom stereocenters. The minimum absolute atomic E-state index is 0.0249. The molecule has 4 nitrogen and oxygen atoms in total. The third-order valence-electron chi connectivity index (χ3n) is 3.87. The molecule has 1 N–H and O–H groups in total. The second-order valence-electron chi connectivity index (χ2n) is 5.47. The summed E-state index contributed by atoms with van der Waals surface area (Å²) in [6.07, 6.45) is 1.43. The Morgan fingerprint density at radius 3 is 2.58 bits per heavy atom. The van der Waals surface area contributed by atoms with Gasteiger partial charge in [-0.05, 0) is 50.5 Å². The highest BCUT2D eigenvalue weighted by Gasteiger charge is 2.32. The van der Waals surface area contributed by atoms with E-state index in [9.17, 15) is 9.90 Å². The van der Waals surface area contributed by atoms with Crippen LogP contribution in [0.2, 0.25) is 0 Å². The number of piperidine rings is 1. The van der Waals surface area contributed by atoms with Crippen LogP contribution in [0.15, 0.2) is 18.2 Å². The average molecular weight is 258 g/mol. The molecule has 1 fully saturated rings. The highest BCUT2D eigenvalue weighted by Crippen LogP contribution is 2.30. The van der Waals surface area contributed by atoms with Crippen molar-refractivity contribution in [3.8, 4) is 11.8 Å². The third-order valence-corrected chi connectivity index (χ3v) is 3.87. The molecule has 1 aliphatic rings. The maximum atomic E-state index is 12.3. The van der Waals surface area contributed by atoms with Gasteiger partial charge in [0.2, 0.25) is 0 Å². The number of nitriles is 1. The lowest BCUT2D eigenvalue weighted by Crippen LogP contribution is -2.41. The molecule has 0 bridgehead atoms. The first-order valence-electron chi connectivity index (χ1n) is 6.45. The summed E-state index contributed by atoms with van der Waals surface area (Å²) in [6, 6.07) is 7.22. The molecule has 1 heterocycles. The second-order valence-corrected chi connectivity index (χ2v) is 5.47. The lowest BCUT2D eigenvalue weighted by atomic mass is 9.82. The van der Waals surface area contributed by atoms with E-state index in [1.165, 1.54) is 0 Å². The molecule has 2 rings (SSSR count). The van der Waals surface area contributed by atoms with Crippen LogP contribution in [0.25, 0.3) is 0 Å². The fraction of sp³-hybridized carbons (Fsp3) is 0.467. The summed E-state index contributed by atoms with van der Waals surface area (Å²) in [7, 11) is 0. The smallest absolute Gasteiger partial charge is 0.253 e. The molecule has 0 spiro atoms. The lowest BCUT2D eigenvalue weighted by molar-refractivity contribution is 0.0661. The fourth-order valence-electron chi connectivity index (χ4n) is 2.29. The standard InChI is InChI=1S/C15H18N2O2/c1-11-9-12(3-4-13(11)18)14(19)17-7-5-15(2,10-16)6-8-17/h3-4,9,18H,5-8H2,1-2H3. The van der Waals surface area contributed by atoms with Crippen molar-refractivity contribution < 1.29 is 9.90 Å². The van der Waals surface area contributed by atoms with Crippen molar-refractivity contribution >= 4 is 5.91 Å². The van der Waals surface area contributed by atoms with Gasteiger partial charge in [-0.2, -0.15) is 5.26 Å². The summed E-state index contributed by atoms with van der Waals surface area (Å²) in [5, 5.41) is 18.6. The van der Waals surface area contributed by atoms with Gasteiger partial charge in [-0.1, -0.05) is 0 Å². The van der Waals surface area contributed by atoms with Crippen molar-refractivity contribution in [3.63, 3.8) is 0 Å². The molecule has 0 aromatic heterocycles. The molecule has 100 valence electrons. The molecule has 4 heteroatoms. The van der Waals surface area contributed by atoms with Crippen LogP contribution in [-0.4, -0.2) is 29.0 Å². The zero-order valence-electron chi connectivity index (χ0n) is 11.3. The molecule has 1 amide bonds. The summed E-state index contributed by atoms with van der Waals surface area (Å²) in [5.74, 6) is 0.176. The number of likely N-dealkylation sites (tertiary alicyclic amines) is 1. The quantitative estimate of drug-likeness (QED) is 0.841. The van der Waals surface area contributed by atoms with Crippen LogP contribution in [0.5, 0.6) is 5.75 Å². The topological polar surface area (TPSA) is 64.3 Å². The normalized spacial score (nSPS) is 17.8. The molecule has 0 saturated carbocycles. The number of phenols is 1. The Morgan fingerprint density at radius 1 is 1.42 bits per heavy atom. The van der Waals surface area contributed by atoms with Crippen LogP contribution in [0, 0.1) is 23.7 Å². The van der Waals surface area contributed by atoms with Crippen LogP contribution in [-0.2, 0) is 0 Å². The van der Waals surface area contributed by atoms with E-state index in [2.05, 4.69) is 6.07 Å². The average Bonchev–Trinajstić information content (AvgIpc) is 2.42. The van der Waals surface area contributed by atoms with Crippen LogP contribution >= 0.6 is 0 Å². The molecular weight excluding hydrogens is 240 g/mol. The van der Waals surface area contributed by atoms with Crippen molar-refractivity contribution in [3.05, 3.63) is 29.3 Å². The van der Waals surface area contributed by atoms with Crippen molar-refractivity contribution in [1.29, 1.82) is 5.26 Å². The molecule has 1 aliphatic heterocycles. The van der Waals surface area contributed by atoms with Crippen molar-refractivity contribution in [1.82, 2.24) is 4.90 Å². The van der Waals surface area contributed by atoms with Crippen LogP contribution < -0.4 is 0 Å². The molecule has 1 aromatic carbocycles. The van der Waals surface area contributed by atoms with E-state index in [0.717, 1.165) is 0 Å². The van der Waals surface area contributed by atoms with E-state index in [4.69, 9.17) is 5.26 Å². The Hall–Kier alpha value is -2.02. The first-order valence-corrected chi connectivity index (χ1v) is 6.45. The van der Waals surface area contributed by atoms with E-state index in [-0.39, 0.29) is 17.1 Å². The Labute approximate surface area is 113 Å². The van der Waals surface area contributed by atoms with Gasteiger partial charge < -0.3 is 10.0 Å². The second kappa shape index (κ2) is 4.93. The van der Waals surface area contributed by atoms with Gasteiger partial charge >= 0.3 is 0 Å². The Balaban J connectivity index is 2.10. The molecule has 19 heavy (non-hydrogen) atoms. The number of nitrogens with zero attached hydrogens (tertiary/aromatic N) is 2. The SMILES string of the molecule is Cc1cc(C(=O)N2CCC(C)(C#N)CC2)ccc1O. The molecule has 1 aromatic rings. The zero-order valence-corrected chi connectivity index (χ0v) is 11.3. The Bertz CT molecular complexity index is 538. The predicted octanol–water partition coefficient (Wildman–Crippen LogP) is 2.47. The summed E-state index contributed by atoms with van der Waals surface area (Å²) < 4.78 is 0. The maximum Gasteiger partial charge on any atom is 0.253 e. The van der Waals surface area contributed by atoms with E-state index >= 15 is 0 Å². The minimum Gasteiger partial charge on any atom is -0.508 e. The van der Waals surface area contributed by atoms with Gasteiger partial charge in [-0.3, -0.25) is 4.79 Å². The van der Waals surface area contributed by atoms with Gasteiger partial charge in [0.15, 0.2) is 0 Å². The summed E-state index contributed by atoms with van der Waals surface area (Å²) >= 11 is 0. The van der Waals surface area contributed by atoms with Gasteiger partial charge in [0.05, 0.1) is 11.5 Å². The van der Waals surface area contributed by atoms with Gasteiger partial charge in [-0.15, -0.1) is 0 Å². The summed E-state index contributed by atoms with van der Waals surface area (Å²) in [4.78, 5) is 14.1. The molecular formula is C15H18N2O2. The largest absolute Gasteiger partial charge is 0.508 e. The van der Waals surface area contributed by atoms with Crippen molar-refractivity contribution in [2.24, 2.45) is 5.41 Å². The lowest BCUT2D eigenvalue weighted by Gasteiger charge is -2.35. The van der Waals surface area contributed by atoms with Gasteiger partial charge in [0.1, 0.15) is 5.75 Å². The molecule has 0 unspecified atom stereocenters. The van der Waals surface area contributed by atoms with E-state index < -0.39 is 0 Å². The number of carbonyl (C=O) groups excluding carboxylic acids is 1. The number of hydrogen-bond donors (Lipinski definition) is 1. The maximum absolute atomic E-state index is 12.3. The first kappa shape index (κ1) is 13.4. The fourth-order valence-corrected chi connectivity index (χ4v) is 2.29. The van der Waals surface area contributed by atoms with Crippen LogP contribution in [0.3, 0.4) is 0 Å². The Morgan fingerprint density at radius 2 is 2.05 bits per heavy atom. The van der Waals surface area contributed by atoms with Crippen molar-refractivity contribution in [2.75, 3.05) is 13.1 Å². The van der Waals surface area contributed by atoms with Crippen molar-refractivity contribution in [2.45, 2.75) is 26.7 Å². The Kier molecular flexibility index (Phi) is 3.48. The van der Waals surface area contributed by atoms with Gasteiger partial charge in [0.25, 0.3) is 5.91 Å². The van der Waals surface area contributed by atoms with Gasteiger partial charge in [0, 0.05) is 18.7 Å². The highest BCUT2D eigenvalue weighted by molar-refractivity contribution is 5.94. The number of benzene rings is 1. The number of aromatic hydroxyl groups is 1. The number of hydrogen-bond acceptors (Lipinski definition) is 3. The summed E-state index contributed by atoms with van der Waals surface area (Å²) in [5.41, 5.74) is 0.988. The monoisotopic (exact) mass is 258 g/mol. The van der Waals surface area contributed by atoms with Gasteiger partial charge in [-0.25, -0.2) is 0 Å². The number of aryl methyl sites for hydroxylation is 1. The van der Waals surface area contributed by atoms with E-state index in [0.29, 0.717) is 37.1 Å². The predicted molar refractivity (Wildman–Crippen MR) is 71.7 cm³/mol. The minimum atomic E-state index is -0.304. The van der Waals surface area contributed by atoms with Crippen LogP contribution in [0.4, 0.5) is 0 Å². The number of rotatable bonds is 1. The summed E-state index contributed by atoms with van der Waals surface area (Å²) in [6.45, 7) is 4.94. The zero-order chi connectivity index (χ0) is 14.0. The van der Waals surface area contributed by atoms with E-state index in [1.807, 2.05) is 6.92 Å². The van der Waals surface area contributed by atoms with E-state index in [1.54, 1.807) is 30.0 Å². The first-order chi connectivity index (χ1) is 8.95. The van der Waals surface area contributed by atoms with Crippen LogP contribution in [0.1, 0.15) is 35.7 Å². The number of phenolic OH excluding ortho intramolecular Hbond substituents is 1. The molecule has 0 aliphatic carbocycles. The number of carbonyl (C=O) groups is 1. The molecule has 0 radical (unpaired) electrons. The third kappa shape index (κ3) is 2.70. The molecule has 1 saturated heterocycles. The highest BCUT2D eigenvalue weighted by atomic mass is 16.3.